The molecule has 0 spiro atoms. The molecule has 0 saturated heterocycles. The molecule has 0 saturated carbocycles. The van der Waals surface area contributed by atoms with E-state index in [2.05, 4.69) is 24.3 Å². The van der Waals surface area contributed by atoms with Crippen LogP contribution in [0.5, 0.6) is 0 Å². The summed E-state index contributed by atoms with van der Waals surface area (Å²) in [6.45, 7) is 1.44. The first kappa shape index (κ1) is 12.6. The first-order chi connectivity index (χ1) is 8.77. The Kier molecular flexibility index (Phi) is 4.31. The average molecular weight is 254 g/mol. The van der Waals surface area contributed by atoms with E-state index in [-0.39, 0.29) is 21.3 Å². The van der Waals surface area contributed by atoms with E-state index in [0.29, 0.717) is 0 Å². The lowest BCUT2D eigenvalue weighted by Gasteiger charge is -2.15. The second kappa shape index (κ2) is 6.17. The van der Waals surface area contributed by atoms with Gasteiger partial charge in [0.15, 0.2) is 0 Å². The zero-order valence-electron chi connectivity index (χ0n) is 10.2. The van der Waals surface area contributed by atoms with Crippen molar-refractivity contribution in [3.63, 3.8) is 0 Å². The van der Waals surface area contributed by atoms with E-state index in [1.165, 1.54) is 18.1 Å². The lowest BCUT2D eigenvalue weighted by Crippen LogP contribution is -2.15. The maximum Gasteiger partial charge on any atom is 0.327 e. The summed E-state index contributed by atoms with van der Waals surface area (Å²) in [5, 5.41) is 0. The first-order valence-electron chi connectivity index (χ1n) is 5.80. The predicted molar refractivity (Wildman–Crippen MR) is 72.2 cm³/mol. The fraction of sp³-hybridized carbons (Fsp3) is 0.133. The largest absolute Gasteiger partial charge is 0.516 e. The number of hydrogen-bond acceptors (Lipinski definition) is 2. The van der Waals surface area contributed by atoms with Crippen LogP contribution in [0.4, 0.5) is 0 Å². The van der Waals surface area contributed by atoms with Crippen LogP contribution in [0.1, 0.15) is 23.6 Å². The molecule has 0 atom stereocenters. The Hall–Kier alpha value is -1.87. The Morgan fingerprint density at radius 2 is 1.39 bits per heavy atom. The second-order valence-corrected chi connectivity index (χ2v) is 4.98. The van der Waals surface area contributed by atoms with Gasteiger partial charge in [0.1, 0.15) is 0 Å². The van der Waals surface area contributed by atoms with Crippen LogP contribution in [0.15, 0.2) is 60.7 Å². The van der Waals surface area contributed by atoms with Crippen molar-refractivity contribution in [2.24, 2.45) is 0 Å². The Morgan fingerprint density at radius 1 is 0.944 bits per heavy atom. The van der Waals surface area contributed by atoms with Crippen molar-refractivity contribution in [1.82, 2.24) is 0 Å². The molecule has 0 heterocycles. The Bertz CT molecular complexity index is 457. The summed E-state index contributed by atoms with van der Waals surface area (Å²) >= 11 is 0. The van der Waals surface area contributed by atoms with Crippen molar-refractivity contribution in [2.75, 3.05) is 0 Å². The van der Waals surface area contributed by atoms with Gasteiger partial charge in [-0.3, -0.25) is 4.79 Å². The summed E-state index contributed by atoms with van der Waals surface area (Å²) < 4.78 is 5.20. The molecule has 0 fully saturated rings. The zero-order chi connectivity index (χ0) is 12.8. The van der Waals surface area contributed by atoms with Crippen LogP contribution in [-0.4, -0.2) is 15.7 Å². The SMILES string of the molecule is CC(=O)O[Si]C(c1ccccc1)c1ccccc1. The molecule has 3 heteroatoms. The molecule has 0 amide bonds. The van der Waals surface area contributed by atoms with E-state index in [4.69, 9.17) is 4.43 Å². The van der Waals surface area contributed by atoms with Gasteiger partial charge in [0.2, 0.25) is 0 Å². The van der Waals surface area contributed by atoms with Crippen LogP contribution in [0, 0.1) is 0 Å². The molecule has 2 rings (SSSR count). The van der Waals surface area contributed by atoms with Crippen molar-refractivity contribution in [3.8, 4) is 0 Å². The van der Waals surface area contributed by atoms with Crippen LogP contribution in [-0.2, 0) is 9.22 Å². The van der Waals surface area contributed by atoms with E-state index in [0.717, 1.165) is 0 Å². The van der Waals surface area contributed by atoms with Crippen molar-refractivity contribution < 1.29 is 9.22 Å². The topological polar surface area (TPSA) is 26.3 Å². The molecular formula is C15H14O2Si. The molecule has 2 aromatic rings. The van der Waals surface area contributed by atoms with E-state index >= 15 is 0 Å². The molecule has 0 unspecified atom stereocenters. The molecule has 0 aliphatic carbocycles. The smallest absolute Gasteiger partial charge is 0.327 e. The van der Waals surface area contributed by atoms with Gasteiger partial charge in [-0.2, -0.15) is 0 Å². The van der Waals surface area contributed by atoms with E-state index in [1.54, 1.807) is 0 Å². The highest BCUT2D eigenvalue weighted by molar-refractivity contribution is 6.34. The molecule has 18 heavy (non-hydrogen) atoms. The third-order valence-corrected chi connectivity index (χ3v) is 3.89. The van der Waals surface area contributed by atoms with Crippen LogP contribution in [0.2, 0.25) is 0 Å². The second-order valence-electron chi connectivity index (χ2n) is 3.97. The molecule has 0 N–H and O–H groups in total. The van der Waals surface area contributed by atoms with Gasteiger partial charge >= 0.3 is 9.76 Å². The highest BCUT2D eigenvalue weighted by Crippen LogP contribution is 2.23. The Labute approximate surface area is 110 Å². The lowest BCUT2D eigenvalue weighted by molar-refractivity contribution is -0.131. The number of rotatable bonds is 4. The normalized spacial score (nSPS) is 10.3. The van der Waals surface area contributed by atoms with Gasteiger partial charge in [-0.1, -0.05) is 60.7 Å². The quantitative estimate of drug-likeness (QED) is 0.784. The summed E-state index contributed by atoms with van der Waals surface area (Å²) in [4.78, 5) is 11.0. The third kappa shape index (κ3) is 3.31. The number of carbonyl (C=O) groups is 1. The number of benzene rings is 2. The summed E-state index contributed by atoms with van der Waals surface area (Å²) in [5.74, 6) is -0.231. The summed E-state index contributed by atoms with van der Waals surface area (Å²) in [5.41, 5.74) is 2.46. The van der Waals surface area contributed by atoms with E-state index < -0.39 is 0 Å². The molecule has 0 aromatic heterocycles. The van der Waals surface area contributed by atoms with Crippen LogP contribution in [0.3, 0.4) is 0 Å². The van der Waals surface area contributed by atoms with Gasteiger partial charge in [-0.15, -0.1) is 0 Å². The first-order valence-corrected chi connectivity index (χ1v) is 6.79. The standard InChI is InChI=1S/C15H14O2Si/c1-12(16)17-18-15(13-8-4-2-5-9-13)14-10-6-3-7-11-14/h2-11,15H,1H3. The van der Waals surface area contributed by atoms with Crippen molar-refractivity contribution in [1.29, 1.82) is 0 Å². The zero-order valence-corrected chi connectivity index (χ0v) is 11.2. The predicted octanol–water partition coefficient (Wildman–Crippen LogP) is 2.96. The molecule has 2 aromatic carbocycles. The van der Waals surface area contributed by atoms with Crippen molar-refractivity contribution in [2.45, 2.75) is 12.5 Å². The maximum atomic E-state index is 11.0. The van der Waals surface area contributed by atoms with E-state index in [1.807, 2.05) is 36.4 Å². The molecule has 2 nitrogen and oxygen atoms in total. The van der Waals surface area contributed by atoms with Crippen molar-refractivity contribution in [3.05, 3.63) is 71.8 Å². The summed E-state index contributed by atoms with van der Waals surface area (Å²) in [6.07, 6.45) is 0. The molecule has 2 radical (unpaired) electrons. The van der Waals surface area contributed by atoms with Gasteiger partial charge in [-0.25, -0.2) is 0 Å². The number of carbonyl (C=O) groups excluding carboxylic acids is 1. The summed E-state index contributed by atoms with van der Waals surface area (Å²) in [6, 6.07) is 20.2. The Morgan fingerprint density at radius 3 is 1.78 bits per heavy atom. The van der Waals surface area contributed by atoms with Gasteiger partial charge in [0.25, 0.3) is 5.97 Å². The Balaban J connectivity index is 2.26. The van der Waals surface area contributed by atoms with Crippen molar-refractivity contribution >= 4 is 15.7 Å². The molecule has 90 valence electrons. The highest BCUT2D eigenvalue weighted by atomic mass is 28.2. The van der Waals surface area contributed by atoms with Gasteiger partial charge in [-0.05, 0) is 11.1 Å². The fourth-order valence-corrected chi connectivity index (χ4v) is 2.70. The molecular weight excluding hydrogens is 240 g/mol. The average Bonchev–Trinajstić information content (AvgIpc) is 2.41. The molecule has 0 aliphatic rings. The van der Waals surface area contributed by atoms with Gasteiger partial charge < -0.3 is 4.43 Å². The van der Waals surface area contributed by atoms with E-state index in [9.17, 15) is 4.79 Å². The van der Waals surface area contributed by atoms with Gasteiger partial charge in [0.05, 0.1) is 0 Å². The molecule has 0 bridgehead atoms. The minimum atomic E-state index is -0.231. The summed E-state index contributed by atoms with van der Waals surface area (Å²) in [7, 11) is 0.109. The lowest BCUT2D eigenvalue weighted by atomic mass is 10.0. The molecule has 0 aliphatic heterocycles. The number of hydrogen-bond donors (Lipinski definition) is 0. The minimum absolute atomic E-state index is 0.109. The van der Waals surface area contributed by atoms with Crippen LogP contribution >= 0.6 is 0 Å². The monoisotopic (exact) mass is 254 g/mol. The maximum absolute atomic E-state index is 11.0. The van der Waals surface area contributed by atoms with Crippen LogP contribution in [0.25, 0.3) is 0 Å². The highest BCUT2D eigenvalue weighted by Gasteiger charge is 2.18. The van der Waals surface area contributed by atoms with Gasteiger partial charge in [0, 0.05) is 12.5 Å². The van der Waals surface area contributed by atoms with Crippen LogP contribution < -0.4 is 0 Å². The third-order valence-electron chi connectivity index (χ3n) is 2.59. The minimum Gasteiger partial charge on any atom is -0.516 e. The fourth-order valence-electron chi connectivity index (χ4n) is 1.76.